The van der Waals surface area contributed by atoms with Crippen molar-refractivity contribution in [1.29, 1.82) is 0 Å². The van der Waals surface area contributed by atoms with Crippen molar-refractivity contribution in [3.05, 3.63) is 76.5 Å². The minimum absolute atomic E-state index is 0.0403. The molecule has 2 aromatic carbocycles. The molecule has 1 saturated carbocycles. The van der Waals surface area contributed by atoms with Crippen molar-refractivity contribution in [2.24, 2.45) is 4.99 Å². The van der Waals surface area contributed by atoms with Crippen molar-refractivity contribution in [3.63, 3.8) is 0 Å². The molecule has 0 atom stereocenters. The molecule has 11 heteroatoms. The summed E-state index contributed by atoms with van der Waals surface area (Å²) in [5, 5.41) is 3.26. The van der Waals surface area contributed by atoms with Crippen LogP contribution in [0, 0.1) is 13.8 Å². The number of hydrogen-bond acceptors (Lipinski definition) is 8. The van der Waals surface area contributed by atoms with Gasteiger partial charge in [0.1, 0.15) is 17.8 Å². The number of carbonyl (C=O) groups is 1. The highest BCUT2D eigenvalue weighted by molar-refractivity contribution is 7.89. The van der Waals surface area contributed by atoms with E-state index in [-0.39, 0.29) is 35.0 Å². The second-order valence-electron chi connectivity index (χ2n) is 10.3. The van der Waals surface area contributed by atoms with Gasteiger partial charge in [-0.2, -0.15) is 4.31 Å². The minimum Gasteiger partial charge on any atom is -0.497 e. The van der Waals surface area contributed by atoms with Gasteiger partial charge in [0.05, 0.1) is 25.1 Å². The quantitative estimate of drug-likeness (QED) is 0.379. The predicted octanol–water partition coefficient (Wildman–Crippen LogP) is 3.32. The van der Waals surface area contributed by atoms with E-state index in [2.05, 4.69) is 15.3 Å². The van der Waals surface area contributed by atoms with E-state index in [0.717, 1.165) is 42.9 Å². The molecular weight excluding hydrogens is 530 g/mol. The lowest BCUT2D eigenvalue weighted by Crippen LogP contribution is -2.34. The first-order chi connectivity index (χ1) is 19.2. The Morgan fingerprint density at radius 1 is 1.15 bits per heavy atom. The highest BCUT2D eigenvalue weighted by Crippen LogP contribution is 2.36. The van der Waals surface area contributed by atoms with Crippen LogP contribution in [0.5, 0.6) is 5.75 Å². The molecule has 2 heterocycles. The van der Waals surface area contributed by atoms with Gasteiger partial charge in [0.2, 0.25) is 15.9 Å². The van der Waals surface area contributed by atoms with E-state index in [1.54, 1.807) is 45.0 Å². The maximum atomic E-state index is 13.8. The van der Waals surface area contributed by atoms with Crippen LogP contribution in [0.3, 0.4) is 0 Å². The van der Waals surface area contributed by atoms with Crippen LogP contribution in [0.25, 0.3) is 0 Å². The zero-order chi connectivity index (χ0) is 28.4. The van der Waals surface area contributed by atoms with Crippen molar-refractivity contribution in [2.45, 2.75) is 50.6 Å². The number of hydrogen-bond donors (Lipinski definition) is 1. The molecule has 212 valence electrons. The average Bonchev–Trinajstić information content (AvgIpc) is 3.41. The number of ether oxygens (including phenoxy) is 1. The lowest BCUT2D eigenvalue weighted by atomic mass is 10.1. The lowest BCUT2D eigenvalue weighted by molar-refractivity contribution is 0.0790. The third kappa shape index (κ3) is 5.90. The Kier molecular flexibility index (Phi) is 7.95. The average molecular weight is 566 g/mol. The van der Waals surface area contributed by atoms with Crippen LogP contribution in [-0.2, 0) is 23.0 Å². The number of aryl methyl sites for hydroxylation is 2. The van der Waals surface area contributed by atoms with Gasteiger partial charge >= 0.3 is 0 Å². The molecule has 2 aliphatic rings. The van der Waals surface area contributed by atoms with E-state index in [1.807, 2.05) is 24.3 Å². The van der Waals surface area contributed by atoms with Gasteiger partial charge in [-0.05, 0) is 61.9 Å². The molecule has 1 fully saturated rings. The number of oxazole rings is 1. The smallest absolute Gasteiger partial charge is 0.275 e. The molecule has 3 aromatic rings. The number of aliphatic imine (C=N–C) groups is 1. The number of benzene rings is 2. The Hall–Kier alpha value is -3.70. The summed E-state index contributed by atoms with van der Waals surface area (Å²) in [5.41, 5.74) is 3.55. The van der Waals surface area contributed by atoms with Crippen LogP contribution < -0.4 is 10.1 Å². The molecule has 0 radical (unpaired) electrons. The summed E-state index contributed by atoms with van der Waals surface area (Å²) in [5.74, 6) is 1.44. The van der Waals surface area contributed by atoms with Gasteiger partial charge in [-0.15, -0.1) is 0 Å². The number of carbonyl (C=O) groups excluding carboxylic acids is 1. The maximum absolute atomic E-state index is 13.8. The Labute approximate surface area is 235 Å². The first-order valence-corrected chi connectivity index (χ1v) is 14.9. The molecule has 0 unspecified atom stereocenters. The van der Waals surface area contributed by atoms with Gasteiger partial charge in [0.25, 0.3) is 5.91 Å². The van der Waals surface area contributed by atoms with Gasteiger partial charge in [-0.1, -0.05) is 24.3 Å². The molecule has 40 heavy (non-hydrogen) atoms. The van der Waals surface area contributed by atoms with Crippen molar-refractivity contribution < 1.29 is 22.4 Å². The van der Waals surface area contributed by atoms with Crippen LogP contribution in [0.4, 0.5) is 0 Å². The fourth-order valence-corrected chi connectivity index (χ4v) is 7.00. The normalized spacial score (nSPS) is 15.2. The SMILES string of the molecule is COc1cc(C)c(S(=O)(=O)N(Cc2nc(C(=O)N(C)CCc3ccc(C4=NCCN4)cc3)co2)C2CC2)c(C)c1. The van der Waals surface area contributed by atoms with Crippen LogP contribution in [0.1, 0.15) is 51.5 Å². The molecule has 1 aliphatic carbocycles. The fourth-order valence-electron chi connectivity index (χ4n) is 4.95. The number of aromatic nitrogens is 1. The number of amidine groups is 1. The largest absolute Gasteiger partial charge is 0.497 e. The van der Waals surface area contributed by atoms with E-state index in [1.165, 1.54) is 10.6 Å². The van der Waals surface area contributed by atoms with Gasteiger partial charge in [0.15, 0.2) is 5.69 Å². The molecule has 0 saturated heterocycles. The Bertz CT molecular complexity index is 1500. The zero-order valence-corrected chi connectivity index (χ0v) is 24.1. The van der Waals surface area contributed by atoms with Gasteiger partial charge in [0, 0.05) is 31.7 Å². The fraction of sp³-hybridized carbons (Fsp3) is 0.414. The molecule has 10 nitrogen and oxygen atoms in total. The third-order valence-electron chi connectivity index (χ3n) is 7.24. The van der Waals surface area contributed by atoms with E-state index in [9.17, 15) is 13.2 Å². The van der Waals surface area contributed by atoms with E-state index in [4.69, 9.17) is 9.15 Å². The molecule has 5 rings (SSSR count). The van der Waals surface area contributed by atoms with E-state index >= 15 is 0 Å². The second-order valence-corrected chi connectivity index (χ2v) is 12.2. The van der Waals surface area contributed by atoms with Gasteiger partial charge in [-0.25, -0.2) is 13.4 Å². The summed E-state index contributed by atoms with van der Waals surface area (Å²) in [6, 6.07) is 11.5. The Morgan fingerprint density at radius 3 is 2.45 bits per heavy atom. The number of nitrogens with zero attached hydrogens (tertiary/aromatic N) is 4. The number of rotatable bonds is 11. The summed E-state index contributed by atoms with van der Waals surface area (Å²) < 4.78 is 39.8. The lowest BCUT2D eigenvalue weighted by Gasteiger charge is -2.23. The van der Waals surface area contributed by atoms with Crippen LogP contribution in [-0.4, -0.2) is 74.2 Å². The van der Waals surface area contributed by atoms with Crippen molar-refractivity contribution in [3.8, 4) is 5.75 Å². The van der Waals surface area contributed by atoms with Crippen LogP contribution in [0.15, 0.2) is 57.0 Å². The highest BCUT2D eigenvalue weighted by Gasteiger charge is 2.40. The zero-order valence-electron chi connectivity index (χ0n) is 23.3. The summed E-state index contributed by atoms with van der Waals surface area (Å²) in [4.78, 5) is 23.7. The number of nitrogens with one attached hydrogen (secondary N) is 1. The number of methoxy groups -OCH3 is 1. The maximum Gasteiger partial charge on any atom is 0.275 e. The van der Waals surface area contributed by atoms with Crippen molar-refractivity contribution in [2.75, 3.05) is 33.8 Å². The predicted molar refractivity (Wildman–Crippen MR) is 151 cm³/mol. The molecule has 0 spiro atoms. The molecular formula is C29H35N5O5S. The van der Waals surface area contributed by atoms with Gasteiger partial charge in [-0.3, -0.25) is 9.79 Å². The third-order valence-corrected chi connectivity index (χ3v) is 9.44. The van der Waals surface area contributed by atoms with Crippen LogP contribution >= 0.6 is 0 Å². The first kappa shape index (κ1) is 27.9. The van der Waals surface area contributed by atoms with Crippen LogP contribution in [0.2, 0.25) is 0 Å². The molecule has 1 aromatic heterocycles. The van der Waals surface area contributed by atoms with Crippen molar-refractivity contribution in [1.82, 2.24) is 19.5 Å². The summed E-state index contributed by atoms with van der Waals surface area (Å²) in [6.45, 7) is 5.65. The number of likely N-dealkylation sites (N-methyl/N-ethyl adjacent to an activating group) is 1. The van der Waals surface area contributed by atoms with Gasteiger partial charge < -0.3 is 19.4 Å². The highest BCUT2D eigenvalue weighted by atomic mass is 32.2. The molecule has 1 amide bonds. The second kappa shape index (κ2) is 11.4. The standard InChI is InChI=1S/C29H35N5O5S/c1-19-15-24(38-4)16-20(2)27(19)40(36,37)34(23-9-10-23)17-26-32-25(18-39-26)29(35)33(3)14-11-21-5-7-22(8-6-21)28-30-12-13-31-28/h5-8,15-16,18,23H,9-14,17H2,1-4H3,(H,30,31). The molecule has 1 N–H and O–H groups in total. The van der Waals surface area contributed by atoms with E-state index < -0.39 is 10.0 Å². The first-order valence-electron chi connectivity index (χ1n) is 13.4. The van der Waals surface area contributed by atoms with Crippen molar-refractivity contribution >= 4 is 21.8 Å². The summed E-state index contributed by atoms with van der Waals surface area (Å²) >= 11 is 0. The monoisotopic (exact) mass is 565 g/mol. The number of sulfonamides is 1. The molecule has 0 bridgehead atoms. The van der Waals surface area contributed by atoms with E-state index in [0.29, 0.717) is 29.8 Å². The Morgan fingerprint density at radius 2 is 1.85 bits per heavy atom. The number of amides is 1. The Balaban J connectivity index is 1.24. The molecule has 1 aliphatic heterocycles. The minimum atomic E-state index is -3.83. The summed E-state index contributed by atoms with van der Waals surface area (Å²) in [7, 11) is -0.550. The topological polar surface area (TPSA) is 117 Å². The summed E-state index contributed by atoms with van der Waals surface area (Å²) in [6.07, 6.45) is 3.53.